The number of hydrogen-bond acceptors (Lipinski definition) is 7. The van der Waals surface area contributed by atoms with Crippen LogP contribution in [0.1, 0.15) is 58.9 Å². The highest BCUT2D eigenvalue weighted by molar-refractivity contribution is 6.12. The third-order valence-corrected chi connectivity index (χ3v) is 6.37. The molecule has 4 atom stereocenters. The van der Waals surface area contributed by atoms with E-state index in [9.17, 15) is 14.4 Å². The summed E-state index contributed by atoms with van der Waals surface area (Å²) in [7, 11) is 1.29. The molecule has 1 aromatic rings. The highest BCUT2D eigenvalue weighted by atomic mass is 16.5. The van der Waals surface area contributed by atoms with Gasteiger partial charge < -0.3 is 19.5 Å². The summed E-state index contributed by atoms with van der Waals surface area (Å²) in [5.41, 5.74) is 2.95. The number of Topliss-reactive ketones (excluding diaryl/α,β-unsaturated/α-hetero) is 1. The van der Waals surface area contributed by atoms with E-state index in [1.54, 1.807) is 0 Å². The van der Waals surface area contributed by atoms with Crippen LogP contribution in [-0.4, -0.2) is 37.5 Å². The van der Waals surface area contributed by atoms with E-state index in [0.29, 0.717) is 42.0 Å². The molecule has 33 heavy (non-hydrogen) atoms. The Bertz CT molecular complexity index is 991. The van der Waals surface area contributed by atoms with Gasteiger partial charge in [0.15, 0.2) is 5.78 Å². The number of ketones is 1. The third-order valence-electron chi connectivity index (χ3n) is 6.37. The standard InChI is InChI=1S/C26H33NO6/c1-7-15(4)33-26(30)21-16(5)27-19-13-14(3)20(25(29)31-6)24(28)23(19)22(21)17-9-11-18(12-10-17)32-8-2/h9-12,14-15,20,22,27H,7-8,13H2,1-6H3/t14-,15+,20-,22+/m1/s1. The molecule has 0 spiro atoms. The summed E-state index contributed by atoms with van der Waals surface area (Å²) in [6.07, 6.45) is 0.909. The number of rotatable bonds is 7. The molecule has 1 aromatic carbocycles. The van der Waals surface area contributed by atoms with Crippen LogP contribution in [0.3, 0.4) is 0 Å². The lowest BCUT2D eigenvalue weighted by molar-refractivity contribution is -0.151. The van der Waals surface area contributed by atoms with Gasteiger partial charge in [0.05, 0.1) is 25.4 Å². The number of nitrogens with one attached hydrogen (secondary N) is 1. The molecule has 0 bridgehead atoms. The number of ether oxygens (including phenoxy) is 3. The van der Waals surface area contributed by atoms with Crippen LogP contribution in [0.2, 0.25) is 0 Å². The van der Waals surface area contributed by atoms with Gasteiger partial charge in [-0.25, -0.2) is 4.79 Å². The van der Waals surface area contributed by atoms with E-state index in [1.165, 1.54) is 7.11 Å². The minimum Gasteiger partial charge on any atom is -0.494 e. The van der Waals surface area contributed by atoms with Crippen LogP contribution in [0.4, 0.5) is 0 Å². The van der Waals surface area contributed by atoms with Crippen molar-refractivity contribution in [2.75, 3.05) is 13.7 Å². The van der Waals surface area contributed by atoms with E-state index >= 15 is 0 Å². The molecule has 0 saturated heterocycles. The lowest BCUT2D eigenvalue weighted by Gasteiger charge is -2.38. The maximum Gasteiger partial charge on any atom is 0.337 e. The van der Waals surface area contributed by atoms with E-state index in [4.69, 9.17) is 14.2 Å². The number of carbonyl (C=O) groups is 3. The quantitative estimate of drug-likeness (QED) is 0.490. The second-order valence-electron chi connectivity index (χ2n) is 8.66. The summed E-state index contributed by atoms with van der Waals surface area (Å²) < 4.78 is 16.2. The fourth-order valence-corrected chi connectivity index (χ4v) is 4.54. The predicted molar refractivity (Wildman–Crippen MR) is 123 cm³/mol. The summed E-state index contributed by atoms with van der Waals surface area (Å²) in [4.78, 5) is 39.4. The van der Waals surface area contributed by atoms with Gasteiger partial charge >= 0.3 is 11.9 Å². The second kappa shape index (κ2) is 10.2. The molecule has 0 fully saturated rings. The summed E-state index contributed by atoms with van der Waals surface area (Å²) in [5.74, 6) is -2.43. The summed E-state index contributed by atoms with van der Waals surface area (Å²) >= 11 is 0. The van der Waals surface area contributed by atoms with E-state index in [1.807, 2.05) is 58.9 Å². The smallest absolute Gasteiger partial charge is 0.337 e. The Morgan fingerprint density at radius 1 is 1.18 bits per heavy atom. The van der Waals surface area contributed by atoms with Crippen LogP contribution in [0.25, 0.3) is 0 Å². The van der Waals surface area contributed by atoms with Gasteiger partial charge in [0.1, 0.15) is 11.7 Å². The topological polar surface area (TPSA) is 90.9 Å². The van der Waals surface area contributed by atoms with Crippen LogP contribution in [-0.2, 0) is 23.9 Å². The van der Waals surface area contributed by atoms with E-state index in [-0.39, 0.29) is 17.8 Å². The van der Waals surface area contributed by atoms with Gasteiger partial charge in [-0.2, -0.15) is 0 Å². The number of methoxy groups -OCH3 is 1. The first kappa shape index (κ1) is 24.6. The molecule has 3 rings (SSSR count). The van der Waals surface area contributed by atoms with Gasteiger partial charge in [-0.1, -0.05) is 26.0 Å². The normalized spacial score (nSPS) is 23.5. The van der Waals surface area contributed by atoms with Crippen LogP contribution in [0.5, 0.6) is 5.75 Å². The summed E-state index contributed by atoms with van der Waals surface area (Å²) in [6, 6.07) is 7.35. The lowest BCUT2D eigenvalue weighted by Crippen LogP contribution is -2.43. The molecule has 1 aliphatic heterocycles. The number of carbonyl (C=O) groups excluding carboxylic acids is 3. The third kappa shape index (κ3) is 4.82. The minimum absolute atomic E-state index is 0.224. The molecule has 0 unspecified atom stereocenters. The molecule has 0 aromatic heterocycles. The fraction of sp³-hybridized carbons (Fsp3) is 0.500. The van der Waals surface area contributed by atoms with E-state index < -0.39 is 23.8 Å². The number of esters is 2. The summed E-state index contributed by atoms with van der Waals surface area (Å²) in [6.45, 7) is 9.90. The first-order valence-corrected chi connectivity index (χ1v) is 11.5. The average molecular weight is 456 g/mol. The van der Waals surface area contributed by atoms with Crippen molar-refractivity contribution in [3.63, 3.8) is 0 Å². The van der Waals surface area contributed by atoms with Crippen molar-refractivity contribution in [2.45, 2.75) is 59.5 Å². The van der Waals surface area contributed by atoms with Crippen molar-refractivity contribution in [3.8, 4) is 5.75 Å². The fourth-order valence-electron chi connectivity index (χ4n) is 4.54. The van der Waals surface area contributed by atoms with Crippen LogP contribution < -0.4 is 10.1 Å². The lowest BCUT2D eigenvalue weighted by atomic mass is 9.69. The Morgan fingerprint density at radius 3 is 2.42 bits per heavy atom. The SMILES string of the molecule is CCOc1ccc([C@H]2C(C(=O)O[C@@H](C)CC)=C(C)NC3=C2C(=O)[C@H](C(=O)OC)[C@H](C)C3)cc1. The van der Waals surface area contributed by atoms with Gasteiger partial charge in [0, 0.05) is 22.9 Å². The minimum atomic E-state index is -0.911. The van der Waals surface area contributed by atoms with Crippen molar-refractivity contribution >= 4 is 17.7 Å². The van der Waals surface area contributed by atoms with Crippen LogP contribution >= 0.6 is 0 Å². The van der Waals surface area contributed by atoms with Crippen LogP contribution in [0, 0.1) is 11.8 Å². The molecule has 7 nitrogen and oxygen atoms in total. The Hall–Kier alpha value is -3.09. The second-order valence-corrected chi connectivity index (χ2v) is 8.66. The highest BCUT2D eigenvalue weighted by Gasteiger charge is 2.47. The number of hydrogen-bond donors (Lipinski definition) is 1. The molecule has 1 aliphatic carbocycles. The largest absolute Gasteiger partial charge is 0.494 e. The number of dihydropyridines is 1. The molecular formula is C26H33NO6. The average Bonchev–Trinajstić information content (AvgIpc) is 2.78. The zero-order chi connectivity index (χ0) is 24.3. The van der Waals surface area contributed by atoms with Crippen molar-refractivity contribution in [1.82, 2.24) is 5.32 Å². The van der Waals surface area contributed by atoms with Gasteiger partial charge in [0.25, 0.3) is 0 Å². The van der Waals surface area contributed by atoms with Crippen molar-refractivity contribution in [3.05, 3.63) is 52.4 Å². The first-order valence-electron chi connectivity index (χ1n) is 11.5. The van der Waals surface area contributed by atoms with E-state index in [0.717, 1.165) is 11.3 Å². The molecule has 0 radical (unpaired) electrons. The number of allylic oxidation sites excluding steroid dienone is 3. The van der Waals surface area contributed by atoms with Crippen molar-refractivity contribution in [2.24, 2.45) is 11.8 Å². The molecule has 2 aliphatic rings. The van der Waals surface area contributed by atoms with Gasteiger partial charge in [-0.3, -0.25) is 9.59 Å². The Morgan fingerprint density at radius 2 is 1.85 bits per heavy atom. The van der Waals surface area contributed by atoms with Crippen molar-refractivity contribution in [1.29, 1.82) is 0 Å². The van der Waals surface area contributed by atoms with Crippen LogP contribution in [0.15, 0.2) is 46.8 Å². The van der Waals surface area contributed by atoms with Gasteiger partial charge in [-0.15, -0.1) is 0 Å². The molecule has 1 N–H and O–H groups in total. The number of benzene rings is 1. The molecule has 0 saturated carbocycles. The molecule has 1 heterocycles. The van der Waals surface area contributed by atoms with Gasteiger partial charge in [0.2, 0.25) is 0 Å². The Labute approximate surface area is 195 Å². The molecule has 178 valence electrons. The Balaban J connectivity index is 2.14. The monoisotopic (exact) mass is 455 g/mol. The zero-order valence-corrected chi connectivity index (χ0v) is 20.2. The molecular weight excluding hydrogens is 422 g/mol. The summed E-state index contributed by atoms with van der Waals surface area (Å²) in [5, 5.41) is 3.27. The maximum atomic E-state index is 13.7. The molecule has 0 amide bonds. The Kier molecular flexibility index (Phi) is 7.61. The first-order chi connectivity index (χ1) is 15.7. The van der Waals surface area contributed by atoms with Gasteiger partial charge in [-0.05, 0) is 57.2 Å². The van der Waals surface area contributed by atoms with Crippen molar-refractivity contribution < 1.29 is 28.6 Å². The zero-order valence-electron chi connectivity index (χ0n) is 20.2. The predicted octanol–water partition coefficient (Wildman–Crippen LogP) is 4.04. The maximum absolute atomic E-state index is 13.7. The van der Waals surface area contributed by atoms with E-state index in [2.05, 4.69) is 5.32 Å². The highest BCUT2D eigenvalue weighted by Crippen LogP contribution is 2.45. The molecule has 7 heteroatoms.